The molecule has 2 aromatic rings. The van der Waals surface area contributed by atoms with Crippen LogP contribution in [0.3, 0.4) is 0 Å². The van der Waals surface area contributed by atoms with Gasteiger partial charge in [0.1, 0.15) is 0 Å². The minimum Gasteiger partial charge on any atom is -0.476 e. The summed E-state index contributed by atoms with van der Waals surface area (Å²) in [4.78, 5) is 20.6. The van der Waals surface area contributed by atoms with Gasteiger partial charge in [0.2, 0.25) is 0 Å². The molecule has 0 aliphatic carbocycles. The molecule has 0 radical (unpaired) electrons. The van der Waals surface area contributed by atoms with Crippen molar-refractivity contribution in [1.29, 1.82) is 0 Å². The number of carbonyl (C=O) groups is 1. The third kappa shape index (κ3) is 2.29. The summed E-state index contributed by atoms with van der Waals surface area (Å²) in [6.45, 7) is 0. The quantitative estimate of drug-likeness (QED) is 0.652. The van der Waals surface area contributed by atoms with Gasteiger partial charge in [0.25, 0.3) is 5.69 Å². The molecule has 0 bridgehead atoms. The van der Waals surface area contributed by atoms with E-state index in [9.17, 15) is 14.9 Å². The van der Waals surface area contributed by atoms with Gasteiger partial charge < -0.3 is 5.11 Å². The lowest BCUT2D eigenvalue weighted by atomic mass is 10.1. The zero-order valence-corrected chi connectivity index (χ0v) is 8.98. The van der Waals surface area contributed by atoms with Crippen molar-refractivity contribution in [3.05, 3.63) is 52.2 Å². The Kier molecular flexibility index (Phi) is 2.96. The monoisotopic (exact) mass is 245 g/mol. The Morgan fingerprint density at radius 3 is 2.22 bits per heavy atom. The van der Waals surface area contributed by atoms with Gasteiger partial charge in [0.15, 0.2) is 5.69 Å². The number of hydrogen-bond acceptors (Lipinski definition) is 5. The van der Waals surface area contributed by atoms with Gasteiger partial charge in [-0.25, -0.2) is 4.79 Å². The molecule has 1 aromatic carbocycles. The summed E-state index contributed by atoms with van der Waals surface area (Å²) < 4.78 is 0. The Morgan fingerprint density at radius 1 is 1.11 bits per heavy atom. The second-order valence-electron chi connectivity index (χ2n) is 3.41. The van der Waals surface area contributed by atoms with Crippen LogP contribution >= 0.6 is 0 Å². The first-order valence-corrected chi connectivity index (χ1v) is 4.90. The van der Waals surface area contributed by atoms with Gasteiger partial charge >= 0.3 is 5.97 Å². The van der Waals surface area contributed by atoms with E-state index in [1.54, 1.807) is 0 Å². The fraction of sp³-hybridized carbons (Fsp3) is 0. The van der Waals surface area contributed by atoms with Crippen molar-refractivity contribution in [3.8, 4) is 11.3 Å². The Hall–Kier alpha value is -2.83. The van der Waals surface area contributed by atoms with Crippen LogP contribution in [-0.4, -0.2) is 26.2 Å². The summed E-state index contributed by atoms with van der Waals surface area (Å²) in [6.07, 6.45) is 0. The van der Waals surface area contributed by atoms with Crippen LogP contribution in [0.1, 0.15) is 10.5 Å². The lowest BCUT2D eigenvalue weighted by molar-refractivity contribution is -0.384. The van der Waals surface area contributed by atoms with Gasteiger partial charge in [-0.15, -0.1) is 10.2 Å². The second kappa shape index (κ2) is 4.58. The highest BCUT2D eigenvalue weighted by Gasteiger charge is 2.08. The third-order valence-electron chi connectivity index (χ3n) is 2.26. The van der Waals surface area contributed by atoms with Crippen LogP contribution in [0.25, 0.3) is 11.3 Å². The van der Waals surface area contributed by atoms with E-state index in [2.05, 4.69) is 10.2 Å². The van der Waals surface area contributed by atoms with E-state index in [0.717, 1.165) is 0 Å². The maximum absolute atomic E-state index is 10.6. The number of benzene rings is 1. The zero-order valence-electron chi connectivity index (χ0n) is 8.98. The van der Waals surface area contributed by atoms with Crippen molar-refractivity contribution in [2.24, 2.45) is 0 Å². The largest absolute Gasteiger partial charge is 0.476 e. The van der Waals surface area contributed by atoms with Crippen LogP contribution < -0.4 is 0 Å². The summed E-state index contributed by atoms with van der Waals surface area (Å²) >= 11 is 0. The molecule has 1 N–H and O–H groups in total. The molecule has 90 valence electrons. The predicted molar refractivity (Wildman–Crippen MR) is 61.1 cm³/mol. The standard InChI is InChI=1S/C11H7N3O4/c15-11(16)10-6-5-9(12-13-10)7-1-3-8(4-2-7)14(17)18/h1-6H,(H,15,16). The molecule has 7 heteroatoms. The smallest absolute Gasteiger partial charge is 0.356 e. The zero-order chi connectivity index (χ0) is 13.1. The molecule has 7 nitrogen and oxygen atoms in total. The number of carboxylic acid groups (broad SMARTS) is 1. The summed E-state index contributed by atoms with van der Waals surface area (Å²) in [5.41, 5.74) is 0.912. The number of carboxylic acids is 1. The van der Waals surface area contributed by atoms with E-state index in [0.29, 0.717) is 11.3 Å². The minimum absolute atomic E-state index is 0.0196. The highest BCUT2D eigenvalue weighted by molar-refractivity contribution is 5.85. The highest BCUT2D eigenvalue weighted by Crippen LogP contribution is 2.19. The lowest BCUT2D eigenvalue weighted by Crippen LogP contribution is -2.01. The van der Waals surface area contributed by atoms with Gasteiger partial charge in [-0.3, -0.25) is 10.1 Å². The fourth-order valence-corrected chi connectivity index (χ4v) is 1.35. The van der Waals surface area contributed by atoms with Crippen molar-refractivity contribution in [2.45, 2.75) is 0 Å². The average molecular weight is 245 g/mol. The predicted octanol–water partition coefficient (Wildman–Crippen LogP) is 1.75. The third-order valence-corrected chi connectivity index (χ3v) is 2.26. The molecule has 0 spiro atoms. The molecule has 0 aliphatic heterocycles. The van der Waals surface area contributed by atoms with Crippen molar-refractivity contribution < 1.29 is 14.8 Å². The summed E-state index contributed by atoms with van der Waals surface area (Å²) in [5, 5.41) is 26.4. The van der Waals surface area contributed by atoms with Gasteiger partial charge in [0, 0.05) is 17.7 Å². The molecule has 0 amide bonds. The van der Waals surface area contributed by atoms with Crippen LogP contribution in [0.2, 0.25) is 0 Å². The number of non-ortho nitro benzene ring substituents is 1. The van der Waals surface area contributed by atoms with Gasteiger partial charge in [-0.1, -0.05) is 0 Å². The van der Waals surface area contributed by atoms with E-state index in [1.165, 1.54) is 36.4 Å². The van der Waals surface area contributed by atoms with Crippen molar-refractivity contribution in [2.75, 3.05) is 0 Å². The molecule has 0 atom stereocenters. The van der Waals surface area contributed by atoms with E-state index < -0.39 is 10.9 Å². The van der Waals surface area contributed by atoms with Gasteiger partial charge in [0.05, 0.1) is 10.6 Å². The first-order chi connectivity index (χ1) is 8.58. The van der Waals surface area contributed by atoms with Crippen LogP contribution in [0.5, 0.6) is 0 Å². The summed E-state index contributed by atoms with van der Waals surface area (Å²) in [6, 6.07) is 8.58. The summed E-state index contributed by atoms with van der Waals surface area (Å²) in [7, 11) is 0. The lowest BCUT2D eigenvalue weighted by Gasteiger charge is -1.99. The maximum Gasteiger partial charge on any atom is 0.356 e. The van der Waals surface area contributed by atoms with Crippen LogP contribution in [0.4, 0.5) is 5.69 Å². The number of aromatic carboxylic acids is 1. The van der Waals surface area contributed by atoms with E-state index in [-0.39, 0.29) is 11.4 Å². The fourth-order valence-electron chi connectivity index (χ4n) is 1.35. The molecule has 0 saturated heterocycles. The minimum atomic E-state index is -1.15. The topological polar surface area (TPSA) is 106 Å². The molecule has 2 rings (SSSR count). The summed E-state index contributed by atoms with van der Waals surface area (Å²) in [5.74, 6) is -1.15. The van der Waals surface area contributed by atoms with Crippen molar-refractivity contribution >= 4 is 11.7 Å². The van der Waals surface area contributed by atoms with Gasteiger partial charge in [-0.2, -0.15) is 0 Å². The van der Waals surface area contributed by atoms with E-state index >= 15 is 0 Å². The molecule has 1 aromatic heterocycles. The highest BCUT2D eigenvalue weighted by atomic mass is 16.6. The van der Waals surface area contributed by atoms with E-state index in [4.69, 9.17) is 5.11 Å². The SMILES string of the molecule is O=C(O)c1ccc(-c2ccc([N+](=O)[O-])cc2)nn1. The number of aromatic nitrogens is 2. The van der Waals surface area contributed by atoms with Crippen LogP contribution in [0, 0.1) is 10.1 Å². The van der Waals surface area contributed by atoms with Crippen molar-refractivity contribution in [1.82, 2.24) is 10.2 Å². The molecule has 0 fully saturated rings. The average Bonchev–Trinajstić information content (AvgIpc) is 2.39. The molecule has 0 unspecified atom stereocenters. The van der Waals surface area contributed by atoms with Crippen molar-refractivity contribution in [3.63, 3.8) is 0 Å². The normalized spacial score (nSPS) is 10.0. The second-order valence-corrected chi connectivity index (χ2v) is 3.41. The maximum atomic E-state index is 10.6. The molecule has 1 heterocycles. The molecular formula is C11H7N3O4. The number of nitro benzene ring substituents is 1. The number of nitro groups is 1. The number of nitrogens with zero attached hydrogens (tertiary/aromatic N) is 3. The van der Waals surface area contributed by atoms with E-state index in [1.807, 2.05) is 0 Å². The van der Waals surface area contributed by atoms with Crippen LogP contribution in [-0.2, 0) is 0 Å². The Bertz CT molecular complexity index is 537. The Balaban J connectivity index is 2.31. The first-order valence-electron chi connectivity index (χ1n) is 4.90. The molecule has 0 saturated carbocycles. The van der Waals surface area contributed by atoms with Crippen LogP contribution in [0.15, 0.2) is 36.4 Å². The first kappa shape index (κ1) is 11.6. The molecule has 0 aliphatic rings. The molecular weight excluding hydrogens is 238 g/mol. The molecule has 18 heavy (non-hydrogen) atoms. The number of rotatable bonds is 3. The number of hydrogen-bond donors (Lipinski definition) is 1. The Labute approximate surface area is 101 Å². The van der Waals surface area contributed by atoms with Gasteiger partial charge in [-0.05, 0) is 24.3 Å². The Morgan fingerprint density at radius 2 is 1.78 bits per heavy atom.